The topological polar surface area (TPSA) is 0 Å². The van der Waals surface area contributed by atoms with Gasteiger partial charge in [-0.15, -0.1) is 0 Å². The molecule has 0 bridgehead atoms. The van der Waals surface area contributed by atoms with Gasteiger partial charge in [0.1, 0.15) is 0 Å². The van der Waals surface area contributed by atoms with Gasteiger partial charge in [0.25, 0.3) is 0 Å². The van der Waals surface area contributed by atoms with E-state index in [1.54, 1.807) is 0 Å². The van der Waals surface area contributed by atoms with E-state index in [1.165, 1.54) is 22.3 Å². The summed E-state index contributed by atoms with van der Waals surface area (Å²) >= 11 is 0. The molecular weight excluding hydrogens is 216 g/mol. The van der Waals surface area contributed by atoms with E-state index in [0.717, 1.165) is 12.8 Å². The fourth-order valence-electron chi connectivity index (χ4n) is 1.66. The van der Waals surface area contributed by atoms with E-state index in [9.17, 15) is 0 Å². The molecule has 1 rings (SSSR count). The highest BCUT2D eigenvalue weighted by molar-refractivity contribution is 5.46. The lowest BCUT2D eigenvalue weighted by atomic mass is 9.85. The lowest BCUT2D eigenvalue weighted by molar-refractivity contribution is 0.973. The third-order valence-corrected chi connectivity index (χ3v) is 2.60. The van der Waals surface area contributed by atoms with Crippen molar-refractivity contribution in [1.29, 1.82) is 0 Å². The minimum atomic E-state index is 0.985. The predicted molar refractivity (Wildman–Crippen MR) is 86.9 cm³/mol. The van der Waals surface area contributed by atoms with Crippen molar-refractivity contribution in [2.45, 2.75) is 54.4 Å². The van der Waals surface area contributed by atoms with E-state index in [4.69, 9.17) is 0 Å². The van der Waals surface area contributed by atoms with Gasteiger partial charge in [0.2, 0.25) is 0 Å². The van der Waals surface area contributed by atoms with Gasteiger partial charge in [-0.05, 0) is 43.4 Å². The van der Waals surface area contributed by atoms with Gasteiger partial charge in [-0.3, -0.25) is 0 Å². The average molecular weight is 246 g/mol. The van der Waals surface area contributed by atoms with Crippen LogP contribution in [0, 0.1) is 0 Å². The van der Waals surface area contributed by atoms with Gasteiger partial charge in [0.05, 0.1) is 0 Å². The van der Waals surface area contributed by atoms with Gasteiger partial charge in [0, 0.05) is 0 Å². The standard InChI is InChI=1S/C14H18.2C2H6/c1-5-7-8-14-10-13(6-2)11(3)9-12(14)4;2*1-2/h5-8H,2,4,9-10H2,1,3H3;2*1-2H3/b7-5-,14-8-;;. The van der Waals surface area contributed by atoms with Crippen molar-refractivity contribution in [1.82, 2.24) is 0 Å². The van der Waals surface area contributed by atoms with Gasteiger partial charge in [-0.1, -0.05) is 70.7 Å². The summed E-state index contributed by atoms with van der Waals surface area (Å²) in [5, 5.41) is 0. The highest BCUT2D eigenvalue weighted by Gasteiger charge is 2.13. The van der Waals surface area contributed by atoms with Crippen molar-refractivity contribution in [2.75, 3.05) is 0 Å². The van der Waals surface area contributed by atoms with Crippen molar-refractivity contribution in [3.05, 3.63) is 59.8 Å². The van der Waals surface area contributed by atoms with Crippen LogP contribution in [0.4, 0.5) is 0 Å². The highest BCUT2D eigenvalue weighted by atomic mass is 14.2. The van der Waals surface area contributed by atoms with Crippen molar-refractivity contribution in [3.8, 4) is 0 Å². The first-order valence-electron chi connectivity index (χ1n) is 7.00. The van der Waals surface area contributed by atoms with Crippen molar-refractivity contribution < 1.29 is 0 Å². The normalized spacial score (nSPS) is 17.0. The second kappa shape index (κ2) is 12.2. The quantitative estimate of drug-likeness (QED) is 0.529. The molecule has 0 atom stereocenters. The summed E-state index contributed by atoms with van der Waals surface area (Å²) in [4.78, 5) is 0. The molecule has 0 heteroatoms. The van der Waals surface area contributed by atoms with Crippen LogP contribution in [-0.4, -0.2) is 0 Å². The van der Waals surface area contributed by atoms with Gasteiger partial charge in [-0.2, -0.15) is 0 Å². The summed E-state index contributed by atoms with van der Waals surface area (Å²) < 4.78 is 0. The number of hydrogen-bond acceptors (Lipinski definition) is 0. The zero-order valence-corrected chi connectivity index (χ0v) is 13.1. The molecule has 0 aromatic heterocycles. The van der Waals surface area contributed by atoms with Gasteiger partial charge < -0.3 is 0 Å². The van der Waals surface area contributed by atoms with Gasteiger partial charge >= 0.3 is 0 Å². The molecule has 0 fully saturated rings. The maximum atomic E-state index is 4.10. The van der Waals surface area contributed by atoms with E-state index in [2.05, 4.69) is 32.2 Å². The Bertz CT molecular complexity index is 335. The number of hydrogen-bond donors (Lipinski definition) is 0. The smallest absolute Gasteiger partial charge is 0.00238 e. The summed E-state index contributed by atoms with van der Waals surface area (Å²) in [5.74, 6) is 0. The molecule has 1 aliphatic rings. The molecule has 1 aliphatic carbocycles. The fourth-order valence-corrected chi connectivity index (χ4v) is 1.66. The molecule has 0 spiro atoms. The van der Waals surface area contributed by atoms with E-state index < -0.39 is 0 Å². The molecule has 0 heterocycles. The third-order valence-electron chi connectivity index (χ3n) is 2.60. The highest BCUT2D eigenvalue weighted by Crippen LogP contribution is 2.32. The second-order valence-electron chi connectivity index (χ2n) is 3.68. The molecule has 0 unspecified atom stereocenters. The lowest BCUT2D eigenvalue weighted by Crippen LogP contribution is -2.01. The zero-order valence-electron chi connectivity index (χ0n) is 13.1. The maximum absolute atomic E-state index is 4.10. The monoisotopic (exact) mass is 246 g/mol. The molecule has 0 aromatic rings. The molecule has 0 aromatic carbocycles. The van der Waals surface area contributed by atoms with Crippen molar-refractivity contribution >= 4 is 0 Å². The molecule has 0 nitrogen and oxygen atoms in total. The van der Waals surface area contributed by atoms with Crippen LogP contribution in [0.1, 0.15) is 54.4 Å². The van der Waals surface area contributed by atoms with Crippen LogP contribution in [0.3, 0.4) is 0 Å². The van der Waals surface area contributed by atoms with Crippen LogP contribution in [-0.2, 0) is 0 Å². The average Bonchev–Trinajstić information content (AvgIpc) is 2.42. The van der Waals surface area contributed by atoms with Crippen LogP contribution in [0.5, 0.6) is 0 Å². The minimum Gasteiger partial charge on any atom is -0.0988 e. The van der Waals surface area contributed by atoms with Crippen molar-refractivity contribution in [2.24, 2.45) is 0 Å². The zero-order chi connectivity index (χ0) is 14.6. The number of allylic oxidation sites excluding steroid dienone is 8. The van der Waals surface area contributed by atoms with E-state index in [0.29, 0.717) is 0 Å². The molecule has 0 saturated carbocycles. The molecule has 0 saturated heterocycles. The van der Waals surface area contributed by atoms with Gasteiger partial charge in [0.15, 0.2) is 0 Å². The number of rotatable bonds is 2. The van der Waals surface area contributed by atoms with Crippen molar-refractivity contribution in [3.63, 3.8) is 0 Å². The Kier molecular flexibility index (Phi) is 12.9. The van der Waals surface area contributed by atoms with Crippen LogP contribution >= 0.6 is 0 Å². The first kappa shape index (κ1) is 19.0. The largest absolute Gasteiger partial charge is 0.0988 e. The Morgan fingerprint density at radius 2 is 1.61 bits per heavy atom. The van der Waals surface area contributed by atoms with Crippen LogP contribution < -0.4 is 0 Å². The molecular formula is C18H30. The SMILES string of the molecule is C=CC1=C(C)CC(=C)/C(=C\C=C/C)C1.CC.CC. The minimum absolute atomic E-state index is 0.985. The van der Waals surface area contributed by atoms with Gasteiger partial charge in [-0.25, -0.2) is 0 Å². The van der Waals surface area contributed by atoms with Crippen LogP contribution in [0.15, 0.2) is 59.8 Å². The first-order chi connectivity index (χ1) is 8.69. The molecule has 102 valence electrons. The lowest BCUT2D eigenvalue weighted by Gasteiger charge is -2.20. The van der Waals surface area contributed by atoms with Crippen LogP contribution in [0.25, 0.3) is 0 Å². The second-order valence-corrected chi connectivity index (χ2v) is 3.68. The Labute approximate surface area is 115 Å². The maximum Gasteiger partial charge on any atom is -0.00238 e. The summed E-state index contributed by atoms with van der Waals surface area (Å²) in [6, 6.07) is 0. The molecule has 18 heavy (non-hydrogen) atoms. The Hall–Kier alpha value is -1.30. The molecule has 0 amide bonds. The Balaban J connectivity index is 0. The Morgan fingerprint density at radius 1 is 1.06 bits per heavy atom. The third kappa shape index (κ3) is 6.44. The van der Waals surface area contributed by atoms with E-state index in [1.807, 2.05) is 46.8 Å². The van der Waals surface area contributed by atoms with E-state index in [-0.39, 0.29) is 0 Å². The molecule has 0 N–H and O–H groups in total. The van der Waals surface area contributed by atoms with E-state index >= 15 is 0 Å². The summed E-state index contributed by atoms with van der Waals surface area (Å²) in [7, 11) is 0. The van der Waals surface area contributed by atoms with Crippen LogP contribution in [0.2, 0.25) is 0 Å². The summed E-state index contributed by atoms with van der Waals surface area (Å²) in [6.07, 6.45) is 10.2. The predicted octanol–water partition coefficient (Wildman–Crippen LogP) is 6.39. The first-order valence-corrected chi connectivity index (χ1v) is 7.00. The molecule has 0 radical (unpaired) electrons. The summed E-state index contributed by atoms with van der Waals surface area (Å²) in [5.41, 5.74) is 5.34. The Morgan fingerprint density at radius 3 is 2.06 bits per heavy atom. The summed E-state index contributed by atoms with van der Waals surface area (Å²) in [6.45, 7) is 20.1. The fraction of sp³-hybridized carbons (Fsp3) is 0.444. The molecule has 0 aliphatic heterocycles.